The molecule has 1 saturated carbocycles. The molecule has 1 atom stereocenters. The predicted molar refractivity (Wildman–Crippen MR) is 131 cm³/mol. The third kappa shape index (κ3) is 3.22. The van der Waals surface area contributed by atoms with Crippen molar-refractivity contribution in [3.8, 4) is 11.1 Å². The fourth-order valence-electron chi connectivity index (χ4n) is 6.25. The van der Waals surface area contributed by atoms with Crippen molar-refractivity contribution in [1.82, 2.24) is 14.7 Å². The number of para-hydroxylation sites is 1. The number of anilines is 1. The molecule has 1 unspecified atom stereocenters. The molecule has 3 aromatic rings. The highest BCUT2D eigenvalue weighted by Gasteiger charge is 2.61. The van der Waals surface area contributed by atoms with Crippen molar-refractivity contribution in [1.29, 1.82) is 0 Å². The number of carbonyl (C=O) groups excluding carboxylic acids is 1. The van der Waals surface area contributed by atoms with Crippen molar-refractivity contribution < 1.29 is 9.18 Å². The Morgan fingerprint density at radius 2 is 1.94 bits per heavy atom. The van der Waals surface area contributed by atoms with E-state index < -0.39 is 5.54 Å². The quantitative estimate of drug-likeness (QED) is 0.491. The summed E-state index contributed by atoms with van der Waals surface area (Å²) in [6.07, 6.45) is 10.4. The Labute approximate surface area is 200 Å². The predicted octanol–water partition coefficient (Wildman–Crippen LogP) is 5.49. The fraction of sp³-hybridized carbons (Fsp3) is 0.429. The first-order valence-corrected chi connectivity index (χ1v) is 12.6. The summed E-state index contributed by atoms with van der Waals surface area (Å²) in [5.41, 5.74) is 3.71. The number of amides is 1. The van der Waals surface area contributed by atoms with Crippen molar-refractivity contribution in [2.75, 3.05) is 11.4 Å². The molecule has 2 fully saturated rings. The molecule has 0 N–H and O–H groups in total. The first-order valence-electron chi connectivity index (χ1n) is 12.6. The van der Waals surface area contributed by atoms with Gasteiger partial charge in [-0.05, 0) is 43.4 Å². The molecular weight excluding hydrogens is 427 g/mol. The van der Waals surface area contributed by atoms with Crippen LogP contribution in [0.1, 0.15) is 56.6 Å². The molecule has 6 heteroatoms. The van der Waals surface area contributed by atoms with Crippen LogP contribution >= 0.6 is 0 Å². The van der Waals surface area contributed by atoms with Crippen molar-refractivity contribution in [3.05, 3.63) is 71.8 Å². The average Bonchev–Trinajstić information content (AvgIpc) is 3.55. The van der Waals surface area contributed by atoms with Crippen LogP contribution in [0, 0.1) is 5.82 Å². The van der Waals surface area contributed by atoms with Gasteiger partial charge < -0.3 is 4.90 Å². The van der Waals surface area contributed by atoms with Gasteiger partial charge in [-0.15, -0.1) is 0 Å². The van der Waals surface area contributed by atoms with E-state index in [9.17, 15) is 4.79 Å². The summed E-state index contributed by atoms with van der Waals surface area (Å²) in [5, 5.41) is 4.36. The number of nitrogens with zero attached hydrogens (tertiary/aromatic N) is 4. The summed E-state index contributed by atoms with van der Waals surface area (Å²) in [5.74, 6) is -0.176. The van der Waals surface area contributed by atoms with E-state index in [1.165, 1.54) is 25.7 Å². The van der Waals surface area contributed by atoms with Gasteiger partial charge in [-0.3, -0.25) is 14.4 Å². The highest BCUT2D eigenvalue weighted by Crippen LogP contribution is 2.53. The number of hydrogen-bond donors (Lipinski definition) is 0. The monoisotopic (exact) mass is 458 g/mol. The summed E-state index contributed by atoms with van der Waals surface area (Å²) in [4.78, 5) is 18.2. The van der Waals surface area contributed by atoms with E-state index in [1.807, 2.05) is 46.1 Å². The van der Waals surface area contributed by atoms with Crippen LogP contribution in [0.4, 0.5) is 10.1 Å². The fourth-order valence-corrected chi connectivity index (χ4v) is 6.25. The van der Waals surface area contributed by atoms with Crippen molar-refractivity contribution in [2.24, 2.45) is 0 Å². The average molecular weight is 459 g/mol. The van der Waals surface area contributed by atoms with Gasteiger partial charge in [0.1, 0.15) is 11.4 Å². The maximum absolute atomic E-state index is 15.3. The van der Waals surface area contributed by atoms with Crippen LogP contribution in [0.3, 0.4) is 0 Å². The molecule has 2 aromatic carbocycles. The van der Waals surface area contributed by atoms with Gasteiger partial charge >= 0.3 is 0 Å². The summed E-state index contributed by atoms with van der Waals surface area (Å²) in [6, 6.07) is 13.9. The third-order valence-corrected chi connectivity index (χ3v) is 8.01. The molecule has 3 aliphatic rings. The lowest BCUT2D eigenvalue weighted by molar-refractivity contribution is -0.143. The number of halogens is 1. The number of benzene rings is 2. The van der Waals surface area contributed by atoms with Crippen molar-refractivity contribution in [3.63, 3.8) is 0 Å². The molecule has 2 aliphatic heterocycles. The molecular formula is C28H31FN4O. The molecule has 3 heterocycles. The van der Waals surface area contributed by atoms with Gasteiger partial charge in [0.05, 0.1) is 12.7 Å². The summed E-state index contributed by atoms with van der Waals surface area (Å²) >= 11 is 0. The van der Waals surface area contributed by atoms with E-state index in [4.69, 9.17) is 0 Å². The standard InChI is InChI=1S/C28H31FN4O/c1-2-14-31-18-22(17-30-31)20-11-12-21(25(29)16-20)19-32-26-10-6-5-9-24(26)28(27(32)34)13-15-33(28)23-7-3-4-8-23/h5-6,9-12,16-18,23H,2-4,7-8,13-15,19H2,1H3. The number of carbonyl (C=O) groups is 1. The lowest BCUT2D eigenvalue weighted by atomic mass is 9.77. The van der Waals surface area contributed by atoms with Gasteiger partial charge in [0.2, 0.25) is 0 Å². The summed E-state index contributed by atoms with van der Waals surface area (Å²) < 4.78 is 17.2. The van der Waals surface area contributed by atoms with Crippen molar-refractivity contribution in [2.45, 2.75) is 70.1 Å². The Balaban J connectivity index is 1.29. The summed E-state index contributed by atoms with van der Waals surface area (Å²) in [6.45, 7) is 4.16. The second-order valence-corrected chi connectivity index (χ2v) is 9.95. The number of rotatable bonds is 6. The maximum Gasteiger partial charge on any atom is 0.252 e. The zero-order valence-electron chi connectivity index (χ0n) is 19.7. The Morgan fingerprint density at radius 1 is 1.12 bits per heavy atom. The Hall–Kier alpha value is -2.99. The minimum atomic E-state index is -0.560. The molecule has 1 aromatic heterocycles. The maximum atomic E-state index is 15.3. The van der Waals surface area contributed by atoms with Crippen LogP contribution in [0.15, 0.2) is 54.9 Å². The van der Waals surface area contributed by atoms with E-state index in [0.717, 1.165) is 48.3 Å². The Bertz CT molecular complexity index is 1230. The first kappa shape index (κ1) is 21.5. The Morgan fingerprint density at radius 3 is 2.68 bits per heavy atom. The van der Waals surface area contributed by atoms with Crippen LogP contribution in [0.5, 0.6) is 0 Å². The molecule has 5 nitrogen and oxygen atoms in total. The number of hydrogen-bond acceptors (Lipinski definition) is 3. The van der Waals surface area contributed by atoms with Gasteiger partial charge in [0.25, 0.3) is 5.91 Å². The Kier molecular flexibility index (Phi) is 5.29. The molecule has 34 heavy (non-hydrogen) atoms. The van der Waals surface area contributed by atoms with E-state index in [0.29, 0.717) is 11.6 Å². The first-order chi connectivity index (χ1) is 16.6. The number of aromatic nitrogens is 2. The normalized spacial score (nSPS) is 22.5. The third-order valence-electron chi connectivity index (χ3n) is 8.01. The lowest BCUT2D eigenvalue weighted by Crippen LogP contribution is -2.65. The molecule has 1 saturated heterocycles. The highest BCUT2D eigenvalue weighted by atomic mass is 19.1. The second kappa shape index (κ2) is 8.35. The largest absolute Gasteiger partial charge is 0.306 e. The van der Waals surface area contributed by atoms with Crippen LogP contribution < -0.4 is 4.90 Å². The van der Waals surface area contributed by atoms with Gasteiger partial charge in [0.15, 0.2) is 0 Å². The topological polar surface area (TPSA) is 41.4 Å². The minimum Gasteiger partial charge on any atom is -0.306 e. The molecule has 1 amide bonds. The van der Waals surface area contributed by atoms with Gasteiger partial charge in [-0.25, -0.2) is 4.39 Å². The number of fused-ring (bicyclic) bond motifs is 2. The van der Waals surface area contributed by atoms with Crippen LogP contribution in [0.25, 0.3) is 11.1 Å². The van der Waals surface area contributed by atoms with Crippen LogP contribution in [-0.4, -0.2) is 33.2 Å². The van der Waals surface area contributed by atoms with E-state index in [1.54, 1.807) is 12.3 Å². The molecule has 1 spiro atoms. The second-order valence-electron chi connectivity index (χ2n) is 9.95. The molecule has 6 rings (SSSR count). The lowest BCUT2D eigenvalue weighted by Gasteiger charge is -2.52. The van der Waals surface area contributed by atoms with Crippen LogP contribution in [-0.2, 0) is 23.4 Å². The SMILES string of the molecule is CCCn1cc(-c2ccc(CN3C(=O)C4(CCN4C4CCCC4)c4ccccc43)c(F)c2)cn1. The number of likely N-dealkylation sites (tertiary alicyclic amines) is 1. The zero-order chi connectivity index (χ0) is 23.3. The molecule has 1 aliphatic carbocycles. The van der Waals surface area contributed by atoms with E-state index >= 15 is 4.39 Å². The van der Waals surface area contributed by atoms with Gasteiger partial charge in [0, 0.05) is 47.7 Å². The van der Waals surface area contributed by atoms with E-state index in [-0.39, 0.29) is 18.3 Å². The van der Waals surface area contributed by atoms with Crippen molar-refractivity contribution >= 4 is 11.6 Å². The smallest absolute Gasteiger partial charge is 0.252 e. The minimum absolute atomic E-state index is 0.108. The van der Waals surface area contributed by atoms with Gasteiger partial charge in [-0.2, -0.15) is 5.10 Å². The van der Waals surface area contributed by atoms with E-state index in [2.05, 4.69) is 23.0 Å². The summed E-state index contributed by atoms with van der Waals surface area (Å²) in [7, 11) is 0. The van der Waals surface area contributed by atoms with Gasteiger partial charge in [-0.1, -0.05) is 50.1 Å². The molecule has 176 valence electrons. The highest BCUT2D eigenvalue weighted by molar-refractivity contribution is 6.08. The molecule has 0 bridgehead atoms. The zero-order valence-corrected chi connectivity index (χ0v) is 19.7. The molecule has 0 radical (unpaired) electrons. The van der Waals surface area contributed by atoms with Crippen LogP contribution in [0.2, 0.25) is 0 Å². The number of aryl methyl sites for hydroxylation is 1.